The summed E-state index contributed by atoms with van der Waals surface area (Å²) in [6.45, 7) is 0. The molecular weight excluding hydrogens is 526 g/mol. The van der Waals surface area contributed by atoms with Crippen LogP contribution in [0.1, 0.15) is 0 Å². The third-order valence-electron chi connectivity index (χ3n) is 8.29. The summed E-state index contributed by atoms with van der Waals surface area (Å²) in [6, 6.07) is 48.2. The summed E-state index contributed by atoms with van der Waals surface area (Å²) >= 11 is 0. The summed E-state index contributed by atoms with van der Waals surface area (Å²) in [4.78, 5) is 14.9. The Balaban J connectivity index is 1.24. The van der Waals surface area contributed by atoms with Crippen molar-refractivity contribution in [1.82, 2.24) is 15.0 Å². The quantitative estimate of drug-likeness (QED) is 0.206. The highest BCUT2D eigenvalue weighted by Crippen LogP contribution is 2.35. The van der Waals surface area contributed by atoms with Gasteiger partial charge in [-0.15, -0.1) is 0 Å². The number of benzene rings is 7. The Morgan fingerprint density at radius 3 is 1.72 bits per heavy atom. The summed E-state index contributed by atoms with van der Waals surface area (Å²) in [5.41, 5.74) is 4.44. The van der Waals surface area contributed by atoms with Gasteiger partial charge in [0.05, 0.1) is 0 Å². The summed E-state index contributed by atoms with van der Waals surface area (Å²) in [7, 11) is 0. The standard InChI is InChI=1S/C39H23N3O/c1-2-9-26(10-3-1)37-40-38(42-39(41-37)29-19-21-33-32-12-6-7-13-34(32)43-35(33)23-29)28-18-20-31-27(22-28)17-16-25-15-14-24-8-4-5-11-30(24)36(25)31/h1-23H. The molecule has 0 N–H and O–H groups in total. The van der Waals surface area contributed by atoms with Gasteiger partial charge in [-0.25, -0.2) is 15.0 Å². The van der Waals surface area contributed by atoms with E-state index in [4.69, 9.17) is 19.4 Å². The lowest BCUT2D eigenvalue weighted by Gasteiger charge is -2.11. The fraction of sp³-hybridized carbons (Fsp3) is 0. The van der Waals surface area contributed by atoms with Crippen molar-refractivity contribution in [3.63, 3.8) is 0 Å². The van der Waals surface area contributed by atoms with Crippen LogP contribution >= 0.6 is 0 Å². The van der Waals surface area contributed by atoms with Gasteiger partial charge in [0.1, 0.15) is 11.2 Å². The van der Waals surface area contributed by atoms with Crippen LogP contribution in [0.4, 0.5) is 0 Å². The van der Waals surface area contributed by atoms with Crippen LogP contribution in [0.15, 0.2) is 144 Å². The van der Waals surface area contributed by atoms with Gasteiger partial charge in [0.2, 0.25) is 0 Å². The lowest BCUT2D eigenvalue weighted by Crippen LogP contribution is -2.00. The third kappa shape index (κ3) is 3.88. The molecule has 0 saturated carbocycles. The molecular formula is C39H23N3O. The normalized spacial score (nSPS) is 11.7. The minimum atomic E-state index is 0.607. The van der Waals surface area contributed by atoms with Crippen LogP contribution in [-0.2, 0) is 0 Å². The molecule has 0 amide bonds. The Labute approximate surface area is 246 Å². The fourth-order valence-electron chi connectivity index (χ4n) is 6.19. The molecule has 0 aliphatic heterocycles. The first kappa shape index (κ1) is 23.8. The molecule has 2 aromatic heterocycles. The molecule has 7 aromatic carbocycles. The van der Waals surface area contributed by atoms with Crippen molar-refractivity contribution in [2.24, 2.45) is 0 Å². The Hall–Kier alpha value is -5.87. The van der Waals surface area contributed by atoms with E-state index in [2.05, 4.69) is 84.9 Å². The molecule has 0 radical (unpaired) electrons. The van der Waals surface area contributed by atoms with Crippen molar-refractivity contribution < 1.29 is 4.42 Å². The molecule has 0 aliphatic rings. The predicted molar refractivity (Wildman–Crippen MR) is 176 cm³/mol. The molecule has 0 unspecified atom stereocenters. The first-order valence-electron chi connectivity index (χ1n) is 14.4. The van der Waals surface area contributed by atoms with Crippen LogP contribution in [-0.4, -0.2) is 15.0 Å². The SMILES string of the molecule is c1ccc(-c2nc(-c3ccc4c(ccc5ccc6ccccc6c54)c3)nc(-c3ccc4c(c3)oc3ccccc34)n2)cc1. The molecule has 200 valence electrons. The minimum absolute atomic E-state index is 0.607. The van der Waals surface area contributed by atoms with Crippen LogP contribution < -0.4 is 0 Å². The zero-order valence-corrected chi connectivity index (χ0v) is 23.0. The minimum Gasteiger partial charge on any atom is -0.456 e. The zero-order chi connectivity index (χ0) is 28.3. The van der Waals surface area contributed by atoms with Crippen molar-refractivity contribution in [3.8, 4) is 34.2 Å². The lowest BCUT2D eigenvalue weighted by molar-refractivity contribution is 0.669. The topological polar surface area (TPSA) is 51.8 Å². The van der Waals surface area contributed by atoms with Gasteiger partial charge in [0.25, 0.3) is 0 Å². The summed E-state index contributed by atoms with van der Waals surface area (Å²) < 4.78 is 6.19. The monoisotopic (exact) mass is 549 g/mol. The van der Waals surface area contributed by atoms with Gasteiger partial charge in [-0.3, -0.25) is 0 Å². The summed E-state index contributed by atoms with van der Waals surface area (Å²) in [6.07, 6.45) is 0. The van der Waals surface area contributed by atoms with E-state index >= 15 is 0 Å². The van der Waals surface area contributed by atoms with Crippen molar-refractivity contribution in [3.05, 3.63) is 140 Å². The first-order valence-corrected chi connectivity index (χ1v) is 14.4. The molecule has 0 saturated heterocycles. The molecule has 0 aliphatic carbocycles. The predicted octanol–water partition coefficient (Wildman–Crippen LogP) is 10.2. The van der Waals surface area contributed by atoms with Crippen LogP contribution in [0.5, 0.6) is 0 Å². The zero-order valence-electron chi connectivity index (χ0n) is 23.0. The summed E-state index contributed by atoms with van der Waals surface area (Å²) in [5.74, 6) is 1.87. The second kappa shape index (κ2) is 9.33. The maximum absolute atomic E-state index is 6.19. The number of para-hydroxylation sites is 1. The van der Waals surface area contributed by atoms with E-state index in [1.54, 1.807) is 0 Å². The highest BCUT2D eigenvalue weighted by Gasteiger charge is 2.15. The van der Waals surface area contributed by atoms with E-state index in [1.807, 2.05) is 54.6 Å². The highest BCUT2D eigenvalue weighted by atomic mass is 16.3. The Morgan fingerprint density at radius 1 is 0.349 bits per heavy atom. The van der Waals surface area contributed by atoms with Crippen molar-refractivity contribution in [2.75, 3.05) is 0 Å². The molecule has 43 heavy (non-hydrogen) atoms. The third-order valence-corrected chi connectivity index (χ3v) is 8.29. The smallest absolute Gasteiger partial charge is 0.164 e. The molecule has 0 atom stereocenters. The van der Waals surface area contributed by atoms with E-state index in [-0.39, 0.29) is 0 Å². The number of hydrogen-bond acceptors (Lipinski definition) is 4. The number of aromatic nitrogens is 3. The van der Waals surface area contributed by atoms with Gasteiger partial charge in [-0.2, -0.15) is 0 Å². The Kier molecular flexibility index (Phi) is 5.16. The number of hydrogen-bond donors (Lipinski definition) is 0. The number of furan rings is 1. The van der Waals surface area contributed by atoms with Crippen LogP contribution in [0.3, 0.4) is 0 Å². The molecule has 4 nitrogen and oxygen atoms in total. The number of nitrogens with zero attached hydrogens (tertiary/aromatic N) is 3. The largest absolute Gasteiger partial charge is 0.456 e. The number of rotatable bonds is 3. The maximum atomic E-state index is 6.19. The second-order valence-corrected chi connectivity index (χ2v) is 10.9. The van der Waals surface area contributed by atoms with Crippen LogP contribution in [0.25, 0.3) is 88.4 Å². The van der Waals surface area contributed by atoms with E-state index in [0.717, 1.165) is 44.0 Å². The summed E-state index contributed by atoms with van der Waals surface area (Å²) in [5, 5.41) is 9.53. The molecule has 0 fully saturated rings. The van der Waals surface area contributed by atoms with Crippen molar-refractivity contribution in [1.29, 1.82) is 0 Å². The molecule has 0 bridgehead atoms. The van der Waals surface area contributed by atoms with E-state index < -0.39 is 0 Å². The van der Waals surface area contributed by atoms with Gasteiger partial charge >= 0.3 is 0 Å². The lowest BCUT2D eigenvalue weighted by atomic mass is 9.95. The van der Waals surface area contributed by atoms with Crippen LogP contribution in [0, 0.1) is 0 Å². The van der Waals surface area contributed by atoms with Gasteiger partial charge in [0.15, 0.2) is 17.5 Å². The average molecular weight is 550 g/mol. The fourth-order valence-corrected chi connectivity index (χ4v) is 6.19. The molecule has 2 heterocycles. The molecule has 9 aromatic rings. The van der Waals surface area contributed by atoms with E-state index in [0.29, 0.717) is 17.5 Å². The molecule has 4 heteroatoms. The molecule has 9 rings (SSSR count). The van der Waals surface area contributed by atoms with Crippen molar-refractivity contribution >= 4 is 54.3 Å². The van der Waals surface area contributed by atoms with Crippen LogP contribution in [0.2, 0.25) is 0 Å². The maximum Gasteiger partial charge on any atom is 0.164 e. The van der Waals surface area contributed by atoms with Gasteiger partial charge in [-0.05, 0) is 56.6 Å². The van der Waals surface area contributed by atoms with Gasteiger partial charge < -0.3 is 4.42 Å². The number of fused-ring (bicyclic) bond motifs is 8. The van der Waals surface area contributed by atoms with E-state index in [1.165, 1.54) is 26.9 Å². The Bertz CT molecular complexity index is 2510. The van der Waals surface area contributed by atoms with E-state index in [9.17, 15) is 0 Å². The van der Waals surface area contributed by atoms with Gasteiger partial charge in [0, 0.05) is 27.5 Å². The average Bonchev–Trinajstić information content (AvgIpc) is 3.46. The first-order chi connectivity index (χ1) is 21.3. The van der Waals surface area contributed by atoms with Gasteiger partial charge in [-0.1, -0.05) is 115 Å². The highest BCUT2D eigenvalue weighted by molar-refractivity contribution is 6.20. The van der Waals surface area contributed by atoms with Crippen molar-refractivity contribution in [2.45, 2.75) is 0 Å². The molecule has 0 spiro atoms. The Morgan fingerprint density at radius 2 is 0.907 bits per heavy atom. The second-order valence-electron chi connectivity index (χ2n) is 10.9.